The number of rotatable bonds is 1. The molecule has 3 aromatic rings. The molecule has 7 heteroatoms. The van der Waals surface area contributed by atoms with Crippen LogP contribution in [0, 0.1) is 12.7 Å². The number of halogens is 2. The highest BCUT2D eigenvalue weighted by Gasteiger charge is 2.26. The summed E-state index contributed by atoms with van der Waals surface area (Å²) in [6, 6.07) is 4.39. The van der Waals surface area contributed by atoms with Crippen LogP contribution in [0.2, 0.25) is 5.02 Å². The Morgan fingerprint density at radius 3 is 3.04 bits per heavy atom. The van der Waals surface area contributed by atoms with Crippen LogP contribution >= 0.6 is 11.6 Å². The third-order valence-corrected chi connectivity index (χ3v) is 4.66. The molecule has 0 atom stereocenters. The largest absolute Gasteiger partial charge is 0.348 e. The first-order chi connectivity index (χ1) is 11.0. The Morgan fingerprint density at radius 1 is 1.43 bits per heavy atom. The molecule has 1 aromatic carbocycles. The van der Waals surface area contributed by atoms with Crippen molar-refractivity contribution in [3.63, 3.8) is 0 Å². The maximum atomic E-state index is 13.9. The number of fused-ring (bicyclic) bond motifs is 2. The summed E-state index contributed by atoms with van der Waals surface area (Å²) in [5.74, 6) is -0.585. The van der Waals surface area contributed by atoms with E-state index in [1.54, 1.807) is 11.0 Å². The van der Waals surface area contributed by atoms with Crippen LogP contribution < -0.4 is 0 Å². The molecule has 1 aliphatic heterocycles. The summed E-state index contributed by atoms with van der Waals surface area (Å²) in [5.41, 5.74) is 3.65. The molecule has 23 heavy (non-hydrogen) atoms. The van der Waals surface area contributed by atoms with Crippen LogP contribution in [-0.4, -0.2) is 32.5 Å². The van der Waals surface area contributed by atoms with Gasteiger partial charge >= 0.3 is 0 Å². The summed E-state index contributed by atoms with van der Waals surface area (Å²) in [6.45, 7) is 3.03. The van der Waals surface area contributed by atoms with E-state index in [4.69, 9.17) is 11.6 Å². The Hall–Kier alpha value is -2.34. The molecule has 0 aliphatic carbocycles. The van der Waals surface area contributed by atoms with Gasteiger partial charge in [-0.05, 0) is 25.1 Å². The van der Waals surface area contributed by atoms with Gasteiger partial charge in [-0.1, -0.05) is 11.6 Å². The van der Waals surface area contributed by atoms with Gasteiger partial charge in [0.05, 0.1) is 16.2 Å². The molecule has 0 unspecified atom stereocenters. The number of carbonyl (C=O) groups excluding carboxylic acids is 1. The highest BCUT2D eigenvalue weighted by Crippen LogP contribution is 2.28. The number of carbonyl (C=O) groups is 1. The van der Waals surface area contributed by atoms with Crippen molar-refractivity contribution in [2.24, 2.45) is 0 Å². The van der Waals surface area contributed by atoms with Gasteiger partial charge in [0.1, 0.15) is 11.5 Å². The molecule has 0 radical (unpaired) electrons. The van der Waals surface area contributed by atoms with Crippen molar-refractivity contribution < 1.29 is 9.18 Å². The number of amides is 1. The first-order valence-corrected chi connectivity index (χ1v) is 7.71. The number of H-pyrrole nitrogens is 2. The molecular weight excluding hydrogens is 319 g/mol. The van der Waals surface area contributed by atoms with Crippen molar-refractivity contribution in [3.05, 3.63) is 51.7 Å². The van der Waals surface area contributed by atoms with Crippen molar-refractivity contribution >= 4 is 28.4 Å². The summed E-state index contributed by atoms with van der Waals surface area (Å²) in [6.07, 6.45) is 0.709. The van der Waals surface area contributed by atoms with E-state index in [9.17, 15) is 9.18 Å². The van der Waals surface area contributed by atoms with Crippen molar-refractivity contribution in [2.45, 2.75) is 19.9 Å². The van der Waals surface area contributed by atoms with Gasteiger partial charge in [-0.15, -0.1) is 0 Å². The Balaban J connectivity index is 1.69. The molecule has 0 saturated carbocycles. The van der Waals surface area contributed by atoms with E-state index >= 15 is 0 Å². The number of nitrogens with zero attached hydrogens (tertiary/aromatic N) is 2. The van der Waals surface area contributed by atoms with Gasteiger partial charge in [0, 0.05) is 36.2 Å². The monoisotopic (exact) mass is 332 g/mol. The zero-order chi connectivity index (χ0) is 16.1. The van der Waals surface area contributed by atoms with Crippen molar-refractivity contribution in [1.82, 2.24) is 20.1 Å². The van der Waals surface area contributed by atoms with Crippen LogP contribution in [0.4, 0.5) is 4.39 Å². The number of aromatic amines is 2. The number of benzene rings is 1. The molecule has 0 spiro atoms. The van der Waals surface area contributed by atoms with E-state index in [2.05, 4.69) is 15.2 Å². The predicted molar refractivity (Wildman–Crippen MR) is 85.0 cm³/mol. The van der Waals surface area contributed by atoms with Crippen molar-refractivity contribution in [2.75, 3.05) is 6.54 Å². The first kappa shape index (κ1) is 14.3. The minimum atomic E-state index is -0.421. The minimum absolute atomic E-state index is 0.164. The zero-order valence-electron chi connectivity index (χ0n) is 12.4. The van der Waals surface area contributed by atoms with E-state index in [-0.39, 0.29) is 11.4 Å². The molecule has 0 bridgehead atoms. The molecule has 3 heterocycles. The Labute approximate surface area is 136 Å². The summed E-state index contributed by atoms with van der Waals surface area (Å²) >= 11 is 6.08. The number of nitrogens with one attached hydrogen (secondary N) is 2. The predicted octanol–water partition coefficient (Wildman–Crippen LogP) is 3.19. The van der Waals surface area contributed by atoms with Gasteiger partial charge in [0.25, 0.3) is 5.91 Å². The summed E-state index contributed by atoms with van der Waals surface area (Å²) in [5, 5.41) is 8.14. The molecule has 5 nitrogen and oxygen atoms in total. The Morgan fingerprint density at radius 2 is 2.26 bits per heavy atom. The summed E-state index contributed by atoms with van der Waals surface area (Å²) < 4.78 is 13.9. The van der Waals surface area contributed by atoms with Gasteiger partial charge in [-0.3, -0.25) is 9.89 Å². The van der Waals surface area contributed by atoms with Crippen LogP contribution in [0.25, 0.3) is 10.9 Å². The highest BCUT2D eigenvalue weighted by molar-refractivity contribution is 6.35. The lowest BCUT2D eigenvalue weighted by Gasteiger charge is -2.26. The topological polar surface area (TPSA) is 64.8 Å². The average molecular weight is 333 g/mol. The Kier molecular flexibility index (Phi) is 3.16. The summed E-state index contributed by atoms with van der Waals surface area (Å²) in [4.78, 5) is 17.3. The van der Waals surface area contributed by atoms with Crippen LogP contribution in [0.15, 0.2) is 18.2 Å². The molecular formula is C16H14ClFN4O. The molecule has 1 aliphatic rings. The maximum Gasteiger partial charge on any atom is 0.270 e. The highest BCUT2D eigenvalue weighted by atomic mass is 35.5. The van der Waals surface area contributed by atoms with Crippen LogP contribution in [0.1, 0.15) is 27.4 Å². The van der Waals surface area contributed by atoms with E-state index in [1.165, 1.54) is 12.1 Å². The molecule has 4 rings (SSSR count). The van der Waals surface area contributed by atoms with Crippen molar-refractivity contribution in [3.8, 4) is 0 Å². The number of hydrogen-bond donors (Lipinski definition) is 2. The second-order valence-electron chi connectivity index (χ2n) is 5.75. The number of hydrogen-bond acceptors (Lipinski definition) is 2. The first-order valence-electron chi connectivity index (χ1n) is 7.33. The fraction of sp³-hybridized carbons (Fsp3) is 0.250. The fourth-order valence-corrected chi connectivity index (χ4v) is 3.25. The second kappa shape index (κ2) is 5.09. The molecule has 0 fully saturated rings. The third-order valence-electron chi connectivity index (χ3n) is 4.33. The van der Waals surface area contributed by atoms with E-state index in [0.717, 1.165) is 17.0 Å². The van der Waals surface area contributed by atoms with Gasteiger partial charge in [-0.2, -0.15) is 5.10 Å². The number of aromatic nitrogens is 3. The standard InChI is InChI=1S/C16H14ClFN4O/c1-8-10-7-22(5-4-13(10)21-20-8)16(23)14-6-9-11(17)2-3-12(18)15(9)19-14/h2-3,6,19H,4-5,7H2,1H3,(H,20,21). The SMILES string of the molecule is Cc1[nH]nc2c1CN(C(=O)c1cc3c(Cl)ccc(F)c3[nH]1)CC2. The molecule has 2 aromatic heterocycles. The van der Waals surface area contributed by atoms with Crippen LogP contribution in [-0.2, 0) is 13.0 Å². The van der Waals surface area contributed by atoms with E-state index in [0.29, 0.717) is 35.6 Å². The summed E-state index contributed by atoms with van der Waals surface area (Å²) in [7, 11) is 0. The van der Waals surface area contributed by atoms with Gasteiger partial charge in [0.15, 0.2) is 0 Å². The smallest absolute Gasteiger partial charge is 0.270 e. The molecule has 118 valence electrons. The molecule has 0 saturated heterocycles. The maximum absolute atomic E-state index is 13.9. The van der Waals surface area contributed by atoms with Gasteiger partial charge in [-0.25, -0.2) is 4.39 Å². The van der Waals surface area contributed by atoms with E-state index in [1.807, 2.05) is 6.92 Å². The van der Waals surface area contributed by atoms with Crippen LogP contribution in [0.3, 0.4) is 0 Å². The lowest BCUT2D eigenvalue weighted by Crippen LogP contribution is -2.36. The van der Waals surface area contributed by atoms with Gasteiger partial charge < -0.3 is 9.88 Å². The van der Waals surface area contributed by atoms with Gasteiger partial charge in [0.2, 0.25) is 0 Å². The molecule has 2 N–H and O–H groups in total. The fourth-order valence-electron chi connectivity index (χ4n) is 3.04. The minimum Gasteiger partial charge on any atom is -0.348 e. The number of aryl methyl sites for hydroxylation is 1. The lowest BCUT2D eigenvalue weighted by molar-refractivity contribution is 0.0729. The third kappa shape index (κ3) is 2.21. The second-order valence-corrected chi connectivity index (χ2v) is 6.16. The quantitative estimate of drug-likeness (QED) is 0.718. The van der Waals surface area contributed by atoms with Crippen LogP contribution in [0.5, 0.6) is 0 Å². The Bertz CT molecular complexity index is 891. The zero-order valence-corrected chi connectivity index (χ0v) is 13.2. The lowest BCUT2D eigenvalue weighted by atomic mass is 10.1. The van der Waals surface area contributed by atoms with E-state index < -0.39 is 5.82 Å². The van der Waals surface area contributed by atoms with Crippen molar-refractivity contribution in [1.29, 1.82) is 0 Å². The molecule has 1 amide bonds. The average Bonchev–Trinajstić information content (AvgIpc) is 3.16. The normalized spacial score (nSPS) is 14.3.